The molecule has 21 heavy (non-hydrogen) atoms. The van der Waals surface area contributed by atoms with Gasteiger partial charge in [-0.2, -0.15) is 0 Å². The molecule has 116 valence electrons. The maximum Gasteiger partial charge on any atom is 0.320 e. The Morgan fingerprint density at radius 1 is 1.33 bits per heavy atom. The Morgan fingerprint density at radius 3 is 2.67 bits per heavy atom. The highest BCUT2D eigenvalue weighted by Gasteiger charge is 2.85. The number of Topliss-reactive ketones (excluding diaryl/α,β-unsaturated/α-hetero) is 1. The number of hydrogen-bond acceptors (Lipinski definition) is 5. The first-order chi connectivity index (χ1) is 9.84. The molecule has 0 N–H and O–H groups in total. The largest absolute Gasteiger partial charge is 0.465 e. The van der Waals surface area contributed by atoms with Crippen LogP contribution in [0.15, 0.2) is 0 Å². The molecule has 0 aliphatic heterocycles. The summed E-state index contributed by atoms with van der Waals surface area (Å²) < 4.78 is 10.7. The third-order valence-corrected chi connectivity index (χ3v) is 6.16. The van der Waals surface area contributed by atoms with Crippen LogP contribution < -0.4 is 0 Å². The molecule has 5 heteroatoms. The predicted molar refractivity (Wildman–Crippen MR) is 73.3 cm³/mol. The molecule has 5 nitrogen and oxygen atoms in total. The van der Waals surface area contributed by atoms with E-state index in [0.29, 0.717) is 19.3 Å². The van der Waals surface area contributed by atoms with Crippen molar-refractivity contribution in [2.45, 2.75) is 59.0 Å². The lowest BCUT2D eigenvalue weighted by atomic mass is 9.38. The second-order valence-corrected chi connectivity index (χ2v) is 6.89. The second-order valence-electron chi connectivity index (χ2n) is 6.89. The molecule has 0 aromatic heterocycles. The minimum atomic E-state index is -1.08. The van der Waals surface area contributed by atoms with Gasteiger partial charge in [-0.3, -0.25) is 14.4 Å². The molecule has 4 atom stereocenters. The molecule has 0 bridgehead atoms. The van der Waals surface area contributed by atoms with Crippen LogP contribution in [0.3, 0.4) is 0 Å². The monoisotopic (exact) mass is 294 g/mol. The van der Waals surface area contributed by atoms with E-state index >= 15 is 0 Å². The zero-order valence-electron chi connectivity index (χ0n) is 12.9. The number of hydrogen-bond donors (Lipinski definition) is 0. The minimum absolute atomic E-state index is 0.0301. The van der Waals surface area contributed by atoms with Gasteiger partial charge >= 0.3 is 11.9 Å². The minimum Gasteiger partial charge on any atom is -0.465 e. The van der Waals surface area contributed by atoms with Crippen molar-refractivity contribution in [3.8, 4) is 0 Å². The van der Waals surface area contributed by atoms with Crippen LogP contribution >= 0.6 is 0 Å². The Labute approximate surface area is 124 Å². The number of ketones is 1. The van der Waals surface area contributed by atoms with E-state index in [9.17, 15) is 14.4 Å². The van der Waals surface area contributed by atoms with Gasteiger partial charge in [0.2, 0.25) is 0 Å². The Bertz CT molecular complexity index is 527. The molecule has 0 aromatic carbocycles. The van der Waals surface area contributed by atoms with E-state index in [1.807, 2.05) is 0 Å². The van der Waals surface area contributed by atoms with Gasteiger partial charge in [-0.15, -0.1) is 0 Å². The lowest BCUT2D eigenvalue weighted by Crippen LogP contribution is -2.69. The summed E-state index contributed by atoms with van der Waals surface area (Å²) in [5.41, 5.74) is -1.73. The van der Waals surface area contributed by atoms with Crippen molar-refractivity contribution >= 4 is 17.7 Å². The van der Waals surface area contributed by atoms with E-state index in [2.05, 4.69) is 6.92 Å². The molecule has 0 saturated heterocycles. The van der Waals surface area contributed by atoms with E-state index < -0.39 is 16.8 Å². The average molecular weight is 294 g/mol. The van der Waals surface area contributed by atoms with Crippen molar-refractivity contribution in [3.05, 3.63) is 0 Å². The van der Waals surface area contributed by atoms with Gasteiger partial charge in [0.25, 0.3) is 0 Å². The Morgan fingerprint density at radius 2 is 2.05 bits per heavy atom. The first-order valence-corrected chi connectivity index (χ1v) is 7.72. The highest BCUT2D eigenvalue weighted by molar-refractivity contribution is 6.08. The van der Waals surface area contributed by atoms with E-state index in [1.54, 1.807) is 6.92 Å². The molecule has 3 aliphatic carbocycles. The van der Waals surface area contributed by atoms with Gasteiger partial charge in [0.1, 0.15) is 11.5 Å². The fraction of sp³-hybridized carbons (Fsp3) is 0.812. The van der Waals surface area contributed by atoms with Crippen molar-refractivity contribution in [2.24, 2.45) is 16.2 Å². The molecule has 3 aliphatic rings. The van der Waals surface area contributed by atoms with E-state index in [-0.39, 0.29) is 29.9 Å². The smallest absolute Gasteiger partial charge is 0.320 e. The highest BCUT2D eigenvalue weighted by Crippen LogP contribution is 2.80. The van der Waals surface area contributed by atoms with Crippen molar-refractivity contribution in [3.63, 3.8) is 0 Å². The maximum atomic E-state index is 12.6. The summed E-state index contributed by atoms with van der Waals surface area (Å²) in [5.74, 6) is -0.788. The van der Waals surface area contributed by atoms with Crippen LogP contribution in [0, 0.1) is 16.2 Å². The van der Waals surface area contributed by atoms with Crippen LogP contribution in [0.25, 0.3) is 0 Å². The van der Waals surface area contributed by atoms with Gasteiger partial charge < -0.3 is 9.47 Å². The third kappa shape index (κ3) is 1.44. The molecule has 0 radical (unpaired) electrons. The Balaban J connectivity index is 2.05. The highest BCUT2D eigenvalue weighted by atomic mass is 16.5. The molecular weight excluding hydrogens is 272 g/mol. The number of carbonyl (C=O) groups excluding carboxylic acids is 3. The molecule has 3 saturated carbocycles. The van der Waals surface area contributed by atoms with Gasteiger partial charge in [0.15, 0.2) is 5.78 Å². The summed E-state index contributed by atoms with van der Waals surface area (Å²) in [7, 11) is 0. The molecule has 3 rings (SSSR count). The Kier molecular flexibility index (Phi) is 2.98. The number of rotatable bonds is 3. The van der Waals surface area contributed by atoms with Crippen molar-refractivity contribution in [2.75, 3.05) is 6.61 Å². The zero-order chi connectivity index (χ0) is 15.5. The van der Waals surface area contributed by atoms with Crippen LogP contribution in [-0.4, -0.2) is 30.4 Å². The van der Waals surface area contributed by atoms with Crippen LogP contribution in [-0.2, 0) is 23.9 Å². The first-order valence-electron chi connectivity index (χ1n) is 7.72. The lowest BCUT2D eigenvalue weighted by molar-refractivity contribution is -0.229. The SMILES string of the molecule is CCOC(=O)[C@]12C[C@]3(C)CC[C@@H](OC(C)=O)[C@@]31CCC2=O. The van der Waals surface area contributed by atoms with E-state index in [4.69, 9.17) is 9.47 Å². The summed E-state index contributed by atoms with van der Waals surface area (Å²) in [6.45, 7) is 5.51. The van der Waals surface area contributed by atoms with E-state index in [0.717, 1.165) is 12.8 Å². The maximum absolute atomic E-state index is 12.6. The Hall–Kier alpha value is -1.39. The molecular formula is C16H22O5. The predicted octanol–water partition coefficient (Wildman–Crippen LogP) is 2.02. The third-order valence-electron chi connectivity index (χ3n) is 6.16. The standard InChI is InChI=1S/C16H22O5/c1-4-20-13(19)15-9-14(3)7-6-12(21-10(2)17)16(14,15)8-5-11(15)18/h12H,4-9H2,1-3H3/t12-,14+,15-,16+/m1/s1. The van der Waals surface area contributed by atoms with E-state index in [1.165, 1.54) is 6.92 Å². The normalized spacial score (nSPS) is 43.8. The van der Waals surface area contributed by atoms with Crippen molar-refractivity contribution in [1.82, 2.24) is 0 Å². The topological polar surface area (TPSA) is 69.7 Å². The quantitative estimate of drug-likeness (QED) is 0.588. The van der Waals surface area contributed by atoms with Gasteiger partial charge in [0.05, 0.1) is 6.61 Å². The summed E-state index contributed by atoms with van der Waals surface area (Å²) in [5, 5.41) is 0. The number of esters is 2. The van der Waals surface area contributed by atoms with Crippen LogP contribution in [0.4, 0.5) is 0 Å². The first kappa shape index (κ1) is 14.5. The fourth-order valence-corrected chi connectivity index (χ4v) is 5.51. The van der Waals surface area contributed by atoms with Crippen molar-refractivity contribution in [1.29, 1.82) is 0 Å². The molecule has 0 unspecified atom stereocenters. The molecule has 0 amide bonds. The van der Waals surface area contributed by atoms with Crippen LogP contribution in [0.2, 0.25) is 0 Å². The summed E-state index contributed by atoms with van der Waals surface area (Å²) >= 11 is 0. The van der Waals surface area contributed by atoms with Crippen LogP contribution in [0.1, 0.15) is 52.9 Å². The summed E-state index contributed by atoms with van der Waals surface area (Å²) in [4.78, 5) is 36.5. The van der Waals surface area contributed by atoms with Crippen molar-refractivity contribution < 1.29 is 23.9 Å². The van der Waals surface area contributed by atoms with Gasteiger partial charge in [-0.25, -0.2) is 0 Å². The fourth-order valence-electron chi connectivity index (χ4n) is 5.51. The molecule has 0 heterocycles. The summed E-state index contributed by atoms with van der Waals surface area (Å²) in [6, 6.07) is 0. The summed E-state index contributed by atoms with van der Waals surface area (Å²) in [6.07, 6.45) is 2.81. The molecule has 0 aromatic rings. The average Bonchev–Trinajstić information content (AvgIpc) is 2.76. The molecule has 1 spiro atoms. The lowest BCUT2D eigenvalue weighted by Gasteiger charge is -2.63. The number of ether oxygens (including phenoxy) is 2. The second kappa shape index (κ2) is 4.31. The van der Waals surface area contributed by atoms with Gasteiger partial charge in [-0.05, 0) is 38.0 Å². The number of carbonyl (C=O) groups is 3. The van der Waals surface area contributed by atoms with Gasteiger partial charge in [-0.1, -0.05) is 6.92 Å². The van der Waals surface area contributed by atoms with Gasteiger partial charge in [0, 0.05) is 18.8 Å². The van der Waals surface area contributed by atoms with Crippen LogP contribution in [0.5, 0.6) is 0 Å². The zero-order valence-corrected chi connectivity index (χ0v) is 12.9. The molecule has 3 fully saturated rings.